The lowest BCUT2D eigenvalue weighted by Crippen LogP contribution is -1.83. The molecule has 0 aliphatic heterocycles. The number of benzene rings is 1. The number of hydrogen-bond acceptors (Lipinski definition) is 2. The van der Waals surface area contributed by atoms with Crippen molar-refractivity contribution in [1.29, 1.82) is 0 Å². The Morgan fingerprint density at radius 2 is 2.00 bits per heavy atom. The van der Waals surface area contributed by atoms with Crippen molar-refractivity contribution in [2.45, 2.75) is 31.2 Å². The molecule has 0 radical (unpaired) electrons. The van der Waals surface area contributed by atoms with Gasteiger partial charge in [-0.15, -0.1) is 20.3 Å². The van der Waals surface area contributed by atoms with Gasteiger partial charge in [0.25, 0.3) is 0 Å². The maximum absolute atomic E-state index is 4.68. The van der Waals surface area contributed by atoms with E-state index in [1.165, 1.54) is 36.3 Å². The van der Waals surface area contributed by atoms with Gasteiger partial charge in [-0.25, -0.2) is 4.98 Å². The van der Waals surface area contributed by atoms with E-state index in [1.54, 1.807) is 0 Å². The van der Waals surface area contributed by atoms with Gasteiger partial charge in [0.15, 0.2) is 0 Å². The number of unbranched alkanes of at least 4 members (excludes halogenated alkanes) is 2. The molecule has 0 aliphatic carbocycles. The fourth-order valence-electron chi connectivity index (χ4n) is 1.82. The van der Waals surface area contributed by atoms with E-state index in [4.69, 9.17) is 0 Å². The number of pyridine rings is 1. The van der Waals surface area contributed by atoms with Gasteiger partial charge in [0.2, 0.25) is 0 Å². The number of fused-ring (bicyclic) bond motifs is 1. The van der Waals surface area contributed by atoms with Gasteiger partial charge < -0.3 is 0 Å². The van der Waals surface area contributed by atoms with E-state index in [0.717, 1.165) is 19.1 Å². The van der Waals surface area contributed by atoms with Crippen molar-refractivity contribution in [1.82, 2.24) is 4.98 Å². The number of rotatable bonds is 7. The Bertz CT molecular complexity index is 487. The van der Waals surface area contributed by atoms with Crippen molar-refractivity contribution in [3.63, 3.8) is 0 Å². The summed E-state index contributed by atoms with van der Waals surface area (Å²) in [6.45, 7) is 2.26. The van der Waals surface area contributed by atoms with Crippen LogP contribution in [0.4, 0.5) is 0 Å². The number of aromatic nitrogens is 1. The van der Waals surface area contributed by atoms with Gasteiger partial charge in [0, 0.05) is 10.9 Å². The highest BCUT2D eigenvalue weighted by molar-refractivity contribution is 8.03. The number of nitrogens with zero attached hydrogens (tertiary/aromatic N) is 1. The van der Waals surface area contributed by atoms with Gasteiger partial charge in [-0.1, -0.05) is 44.0 Å². The van der Waals surface area contributed by atoms with E-state index >= 15 is 0 Å². The molecule has 1 unspecified atom stereocenters. The molecule has 3 heteroatoms. The first-order valence-electron chi connectivity index (χ1n) is 6.59. The highest BCUT2D eigenvalue weighted by Crippen LogP contribution is 2.27. The average molecular weight is 277 g/mol. The second kappa shape index (κ2) is 7.76. The summed E-state index contributed by atoms with van der Waals surface area (Å²) >= 11 is 1.89. The van der Waals surface area contributed by atoms with E-state index in [0.29, 0.717) is 0 Å². The fraction of sp³-hybridized carbons (Fsp3) is 0.400. The first-order chi connectivity index (χ1) is 8.90. The van der Waals surface area contributed by atoms with Crippen LogP contribution in [0.5, 0.6) is 0 Å². The molecule has 18 heavy (non-hydrogen) atoms. The summed E-state index contributed by atoms with van der Waals surface area (Å²) in [6.07, 6.45) is 5.48. The zero-order valence-corrected chi connectivity index (χ0v) is 12.7. The molecule has 0 spiro atoms. The third-order valence-electron chi connectivity index (χ3n) is 2.85. The van der Waals surface area contributed by atoms with Crippen molar-refractivity contribution in [2.24, 2.45) is 0 Å². The molecule has 1 atom stereocenters. The number of hydrogen-bond donors (Lipinski definition) is 0. The minimum absolute atomic E-state index is 1.07. The van der Waals surface area contributed by atoms with E-state index in [9.17, 15) is 0 Å². The largest absolute Gasteiger partial charge is 0.241 e. The molecule has 0 fully saturated rings. The standard InChI is InChI=1S/C15H20NPS/c1-2-3-6-11-17-12-18-15-10-9-13-7-4-5-8-14(13)16-15/h4-5,7-10,17H,2-3,6,11-12H2,1H3. The lowest BCUT2D eigenvalue weighted by Gasteiger charge is -2.03. The molecular weight excluding hydrogens is 257 g/mol. The molecule has 0 bridgehead atoms. The Hall–Kier alpha value is -0.590. The minimum Gasteiger partial charge on any atom is -0.241 e. The molecule has 1 aromatic carbocycles. The Balaban J connectivity index is 1.81. The first kappa shape index (κ1) is 13.8. The fourth-order valence-corrected chi connectivity index (χ4v) is 4.23. The molecule has 0 N–H and O–H groups in total. The zero-order valence-electron chi connectivity index (χ0n) is 10.9. The second-order valence-corrected chi connectivity index (χ2v) is 7.20. The highest BCUT2D eigenvalue weighted by Gasteiger charge is 1.98. The highest BCUT2D eigenvalue weighted by atomic mass is 32.2. The molecular formula is C15H20NPS. The van der Waals surface area contributed by atoms with Gasteiger partial charge >= 0.3 is 0 Å². The molecule has 0 saturated carbocycles. The monoisotopic (exact) mass is 277 g/mol. The molecule has 2 aromatic rings. The molecule has 2 rings (SSSR count). The molecule has 96 valence electrons. The summed E-state index contributed by atoms with van der Waals surface area (Å²) in [4.78, 5) is 4.68. The Morgan fingerprint density at radius 3 is 2.89 bits per heavy atom. The van der Waals surface area contributed by atoms with E-state index in [2.05, 4.69) is 48.3 Å². The Labute approximate surface area is 116 Å². The maximum atomic E-state index is 4.68. The van der Waals surface area contributed by atoms with Crippen LogP contribution in [0.2, 0.25) is 0 Å². The second-order valence-electron chi connectivity index (χ2n) is 4.34. The van der Waals surface area contributed by atoms with Crippen LogP contribution in [0.25, 0.3) is 10.9 Å². The predicted molar refractivity (Wildman–Crippen MR) is 85.2 cm³/mol. The Morgan fingerprint density at radius 1 is 1.11 bits per heavy atom. The van der Waals surface area contributed by atoms with Crippen molar-refractivity contribution < 1.29 is 0 Å². The van der Waals surface area contributed by atoms with Crippen LogP contribution in [0.1, 0.15) is 26.2 Å². The van der Waals surface area contributed by atoms with Crippen molar-refractivity contribution in [3.05, 3.63) is 36.4 Å². The summed E-state index contributed by atoms with van der Waals surface area (Å²) < 4.78 is 0. The van der Waals surface area contributed by atoms with Crippen LogP contribution in [-0.2, 0) is 0 Å². The third kappa shape index (κ3) is 4.26. The average Bonchev–Trinajstić information content (AvgIpc) is 2.42. The van der Waals surface area contributed by atoms with Crippen LogP contribution < -0.4 is 0 Å². The minimum atomic E-state index is 1.07. The van der Waals surface area contributed by atoms with Crippen LogP contribution in [0.15, 0.2) is 41.4 Å². The molecule has 0 saturated heterocycles. The predicted octanol–water partition coefficient (Wildman–Crippen LogP) is 5.15. The SMILES string of the molecule is CCCCCPCSc1ccc2ccccc2n1. The normalized spacial score (nSPS) is 11.6. The molecule has 0 amide bonds. The van der Waals surface area contributed by atoms with E-state index < -0.39 is 0 Å². The van der Waals surface area contributed by atoms with Crippen LogP contribution >= 0.6 is 20.3 Å². The maximum Gasteiger partial charge on any atom is 0.0970 e. The van der Waals surface area contributed by atoms with Crippen LogP contribution in [0.3, 0.4) is 0 Å². The first-order valence-corrected chi connectivity index (χ1v) is 8.99. The van der Waals surface area contributed by atoms with Crippen LogP contribution in [-0.4, -0.2) is 16.6 Å². The molecule has 0 aliphatic rings. The molecule has 1 aromatic heterocycles. The summed E-state index contributed by atoms with van der Waals surface area (Å²) in [6, 6.07) is 12.6. The summed E-state index contributed by atoms with van der Waals surface area (Å²) in [7, 11) is 1.07. The smallest absolute Gasteiger partial charge is 0.0970 e. The van der Waals surface area contributed by atoms with Gasteiger partial charge in [0.05, 0.1) is 10.5 Å². The summed E-state index contributed by atoms with van der Waals surface area (Å²) in [5.41, 5.74) is 2.33. The lowest BCUT2D eigenvalue weighted by molar-refractivity contribution is 0.777. The topological polar surface area (TPSA) is 12.9 Å². The zero-order chi connectivity index (χ0) is 12.6. The number of thioether (sulfide) groups is 1. The molecule has 1 nitrogen and oxygen atoms in total. The van der Waals surface area contributed by atoms with Gasteiger partial charge in [-0.3, -0.25) is 0 Å². The van der Waals surface area contributed by atoms with Crippen molar-refractivity contribution >= 4 is 31.2 Å². The van der Waals surface area contributed by atoms with Gasteiger partial charge in [-0.2, -0.15) is 0 Å². The third-order valence-corrected chi connectivity index (χ3v) is 5.48. The lowest BCUT2D eigenvalue weighted by atomic mass is 10.2. The number of para-hydroxylation sites is 1. The quantitative estimate of drug-likeness (QED) is 0.394. The Kier molecular flexibility index (Phi) is 5.96. The van der Waals surface area contributed by atoms with Gasteiger partial charge in [-0.05, 0) is 24.7 Å². The van der Waals surface area contributed by atoms with Crippen LogP contribution in [0, 0.1) is 0 Å². The van der Waals surface area contributed by atoms with Crippen molar-refractivity contribution in [3.8, 4) is 0 Å². The van der Waals surface area contributed by atoms with E-state index in [1.807, 2.05) is 11.8 Å². The summed E-state index contributed by atoms with van der Waals surface area (Å²) in [5, 5.41) is 2.39. The van der Waals surface area contributed by atoms with E-state index in [-0.39, 0.29) is 0 Å². The summed E-state index contributed by atoms with van der Waals surface area (Å²) in [5.74, 6) is 0. The molecule has 1 heterocycles. The van der Waals surface area contributed by atoms with Gasteiger partial charge in [0.1, 0.15) is 0 Å². The van der Waals surface area contributed by atoms with Crippen molar-refractivity contribution in [2.75, 3.05) is 11.7 Å².